The van der Waals surface area contributed by atoms with Crippen molar-refractivity contribution in [3.63, 3.8) is 0 Å². The van der Waals surface area contributed by atoms with Crippen molar-refractivity contribution in [1.29, 1.82) is 0 Å². The topological polar surface area (TPSA) is 74.7 Å². The molecule has 0 heterocycles. The number of rotatable bonds is 5. The Hall–Kier alpha value is -2.34. The van der Waals surface area contributed by atoms with Gasteiger partial charge in [-0.05, 0) is 44.5 Å². The summed E-state index contributed by atoms with van der Waals surface area (Å²) in [6.07, 6.45) is 0. The van der Waals surface area contributed by atoms with Crippen LogP contribution in [0.4, 0.5) is 5.69 Å². The summed E-state index contributed by atoms with van der Waals surface area (Å²) in [5.41, 5.74) is 3.00. The van der Waals surface area contributed by atoms with Gasteiger partial charge in [-0.1, -0.05) is 35.4 Å². The molecule has 0 amide bonds. The van der Waals surface area contributed by atoms with E-state index in [4.69, 9.17) is 5.11 Å². The van der Waals surface area contributed by atoms with Gasteiger partial charge in [-0.15, -0.1) is 0 Å². The Bertz CT molecular complexity index is 826. The maximum Gasteiger partial charge on any atom is 0.324 e. The van der Waals surface area contributed by atoms with Crippen molar-refractivity contribution in [3.8, 4) is 0 Å². The van der Waals surface area contributed by atoms with E-state index < -0.39 is 22.5 Å². The molecule has 1 N–H and O–H groups in total. The lowest BCUT2D eigenvalue weighted by Gasteiger charge is -2.24. The van der Waals surface area contributed by atoms with E-state index in [1.165, 1.54) is 12.1 Å². The van der Waals surface area contributed by atoms with Gasteiger partial charge in [0.25, 0.3) is 10.0 Å². The minimum Gasteiger partial charge on any atom is -0.480 e. The van der Waals surface area contributed by atoms with Crippen LogP contribution in [0, 0.1) is 20.8 Å². The first-order chi connectivity index (χ1) is 10.7. The molecule has 0 saturated heterocycles. The molecule has 0 aliphatic rings. The first-order valence-electron chi connectivity index (χ1n) is 7.10. The van der Waals surface area contributed by atoms with Gasteiger partial charge in [-0.2, -0.15) is 0 Å². The molecule has 2 rings (SSSR count). The molecule has 0 spiro atoms. The van der Waals surface area contributed by atoms with Gasteiger partial charge in [0.15, 0.2) is 0 Å². The van der Waals surface area contributed by atoms with E-state index in [0.717, 1.165) is 15.4 Å². The molecular formula is C17H19NO4S. The monoisotopic (exact) mass is 333 g/mol. The summed E-state index contributed by atoms with van der Waals surface area (Å²) >= 11 is 0. The summed E-state index contributed by atoms with van der Waals surface area (Å²) in [4.78, 5) is 11.3. The van der Waals surface area contributed by atoms with Crippen LogP contribution in [-0.4, -0.2) is 26.0 Å². The smallest absolute Gasteiger partial charge is 0.324 e. The number of aryl methyl sites for hydroxylation is 3. The molecule has 0 aliphatic carbocycles. The number of anilines is 1. The number of nitrogens with zero attached hydrogens (tertiary/aromatic N) is 1. The third-order valence-electron chi connectivity index (χ3n) is 3.51. The number of carbonyl (C=O) groups is 1. The first-order valence-corrected chi connectivity index (χ1v) is 8.54. The van der Waals surface area contributed by atoms with Crippen LogP contribution in [0.15, 0.2) is 47.4 Å². The minimum atomic E-state index is -3.95. The second-order valence-electron chi connectivity index (χ2n) is 5.51. The second kappa shape index (κ2) is 6.42. The van der Waals surface area contributed by atoms with Gasteiger partial charge in [0.2, 0.25) is 0 Å². The lowest BCUT2D eigenvalue weighted by molar-refractivity contribution is -0.135. The van der Waals surface area contributed by atoms with Crippen molar-refractivity contribution in [1.82, 2.24) is 0 Å². The molecule has 0 radical (unpaired) electrons. The quantitative estimate of drug-likeness (QED) is 0.913. The largest absolute Gasteiger partial charge is 0.480 e. The van der Waals surface area contributed by atoms with Crippen LogP contribution in [0.5, 0.6) is 0 Å². The van der Waals surface area contributed by atoms with E-state index in [9.17, 15) is 13.2 Å². The fourth-order valence-corrected chi connectivity index (χ4v) is 3.82. The number of benzene rings is 2. The number of carboxylic acids is 1. The summed E-state index contributed by atoms with van der Waals surface area (Å²) in [6.45, 7) is 4.89. The average molecular weight is 333 g/mol. The molecule has 0 unspecified atom stereocenters. The highest BCUT2D eigenvalue weighted by Crippen LogP contribution is 2.27. The zero-order chi connectivity index (χ0) is 17.2. The van der Waals surface area contributed by atoms with E-state index in [0.29, 0.717) is 11.3 Å². The van der Waals surface area contributed by atoms with Gasteiger partial charge in [0.1, 0.15) is 6.54 Å². The van der Waals surface area contributed by atoms with Crippen LogP contribution in [0.2, 0.25) is 0 Å². The van der Waals surface area contributed by atoms with Crippen molar-refractivity contribution in [2.45, 2.75) is 25.7 Å². The molecule has 0 aliphatic heterocycles. The lowest BCUT2D eigenvalue weighted by atomic mass is 10.1. The van der Waals surface area contributed by atoms with Crippen LogP contribution >= 0.6 is 0 Å². The van der Waals surface area contributed by atoms with Crippen molar-refractivity contribution < 1.29 is 18.3 Å². The van der Waals surface area contributed by atoms with Crippen LogP contribution in [-0.2, 0) is 14.8 Å². The third kappa shape index (κ3) is 3.71. The zero-order valence-electron chi connectivity index (χ0n) is 13.3. The summed E-state index contributed by atoms with van der Waals surface area (Å²) < 4.78 is 26.7. The molecule has 0 saturated carbocycles. The number of sulfonamides is 1. The number of hydrogen-bond acceptors (Lipinski definition) is 3. The van der Waals surface area contributed by atoms with Gasteiger partial charge < -0.3 is 5.11 Å². The Morgan fingerprint density at radius 2 is 1.57 bits per heavy atom. The van der Waals surface area contributed by atoms with Gasteiger partial charge in [0, 0.05) is 0 Å². The average Bonchev–Trinajstić information content (AvgIpc) is 2.45. The summed E-state index contributed by atoms with van der Waals surface area (Å²) in [5.74, 6) is -1.21. The van der Waals surface area contributed by atoms with Gasteiger partial charge >= 0.3 is 5.97 Å². The Labute approximate surface area is 136 Å². The molecule has 2 aromatic carbocycles. The van der Waals surface area contributed by atoms with E-state index in [2.05, 4.69) is 0 Å². The number of aliphatic carboxylic acids is 1. The Morgan fingerprint density at radius 3 is 2.09 bits per heavy atom. The van der Waals surface area contributed by atoms with E-state index in [1.807, 2.05) is 19.9 Å². The molecular weight excluding hydrogens is 314 g/mol. The van der Waals surface area contributed by atoms with Crippen molar-refractivity contribution in [3.05, 3.63) is 59.2 Å². The molecule has 5 nitrogen and oxygen atoms in total. The highest BCUT2D eigenvalue weighted by atomic mass is 32.2. The highest BCUT2D eigenvalue weighted by Gasteiger charge is 2.28. The van der Waals surface area contributed by atoms with E-state index >= 15 is 0 Å². The molecule has 6 heteroatoms. The number of hydrogen-bond donors (Lipinski definition) is 1. The van der Waals surface area contributed by atoms with Crippen molar-refractivity contribution >= 4 is 21.7 Å². The molecule has 0 atom stereocenters. The molecule has 23 heavy (non-hydrogen) atoms. The maximum absolute atomic E-state index is 12.9. The number of carboxylic acid groups (broad SMARTS) is 1. The zero-order valence-corrected chi connectivity index (χ0v) is 14.1. The highest BCUT2D eigenvalue weighted by molar-refractivity contribution is 7.92. The molecule has 0 bridgehead atoms. The van der Waals surface area contributed by atoms with Crippen LogP contribution < -0.4 is 4.31 Å². The summed E-state index contributed by atoms with van der Waals surface area (Å²) in [7, 11) is -3.95. The van der Waals surface area contributed by atoms with E-state index in [1.54, 1.807) is 31.2 Å². The Morgan fingerprint density at radius 1 is 1.00 bits per heavy atom. The van der Waals surface area contributed by atoms with Crippen molar-refractivity contribution in [2.75, 3.05) is 10.8 Å². The minimum absolute atomic E-state index is 0.0734. The predicted octanol–water partition coefficient (Wildman–Crippen LogP) is 2.89. The Kier molecular flexibility index (Phi) is 4.75. The molecule has 0 fully saturated rings. The second-order valence-corrected chi connectivity index (χ2v) is 7.37. The SMILES string of the molecule is Cc1ccc(S(=O)(=O)N(CC(=O)O)c2ccc(C)cc2C)cc1. The normalized spacial score (nSPS) is 11.3. The van der Waals surface area contributed by atoms with Crippen LogP contribution in [0.1, 0.15) is 16.7 Å². The predicted molar refractivity (Wildman–Crippen MR) is 89.3 cm³/mol. The third-order valence-corrected chi connectivity index (χ3v) is 5.28. The van der Waals surface area contributed by atoms with E-state index in [-0.39, 0.29) is 4.90 Å². The summed E-state index contributed by atoms with van der Waals surface area (Å²) in [5, 5.41) is 9.14. The Balaban J connectivity index is 2.57. The molecule has 2 aromatic rings. The first kappa shape index (κ1) is 17.0. The fraction of sp³-hybridized carbons (Fsp3) is 0.235. The summed E-state index contributed by atoms with van der Waals surface area (Å²) in [6, 6.07) is 11.6. The molecule has 0 aromatic heterocycles. The lowest BCUT2D eigenvalue weighted by Crippen LogP contribution is -2.36. The van der Waals surface area contributed by atoms with Gasteiger partial charge in [0.05, 0.1) is 10.6 Å². The van der Waals surface area contributed by atoms with Gasteiger partial charge in [-0.25, -0.2) is 8.42 Å². The molecule has 122 valence electrons. The van der Waals surface area contributed by atoms with Gasteiger partial charge in [-0.3, -0.25) is 9.10 Å². The maximum atomic E-state index is 12.9. The standard InChI is InChI=1S/C17H19NO4S/c1-12-4-7-15(8-5-12)23(21,22)18(11-17(19)20)16-9-6-13(2)10-14(16)3/h4-10H,11H2,1-3H3,(H,19,20). The van der Waals surface area contributed by atoms with Crippen molar-refractivity contribution in [2.24, 2.45) is 0 Å². The van der Waals surface area contributed by atoms with Crippen LogP contribution in [0.25, 0.3) is 0 Å². The van der Waals surface area contributed by atoms with Crippen LogP contribution in [0.3, 0.4) is 0 Å². The fourth-order valence-electron chi connectivity index (χ4n) is 2.35.